The molecule has 0 unspecified atom stereocenters. The van der Waals surface area contributed by atoms with Crippen LogP contribution < -0.4 is 5.73 Å². The normalized spacial score (nSPS) is 23.6. The van der Waals surface area contributed by atoms with Gasteiger partial charge in [-0.05, 0) is 24.8 Å². The van der Waals surface area contributed by atoms with Gasteiger partial charge in [0.25, 0.3) is 0 Å². The third kappa shape index (κ3) is 2.99. The smallest absolute Gasteiger partial charge is 0.244 e. The van der Waals surface area contributed by atoms with E-state index in [2.05, 4.69) is 4.90 Å². The number of rotatable bonds is 4. The van der Waals surface area contributed by atoms with Crippen LogP contribution >= 0.6 is 0 Å². The van der Waals surface area contributed by atoms with E-state index in [1.54, 1.807) is 0 Å². The molecule has 118 valence electrons. The first kappa shape index (κ1) is 15.0. The van der Waals surface area contributed by atoms with Crippen LogP contribution in [0.2, 0.25) is 0 Å². The fraction of sp³-hybridized carbons (Fsp3) is 0.529. The van der Waals surface area contributed by atoms with Gasteiger partial charge in [0.15, 0.2) is 0 Å². The minimum atomic E-state index is -0.288. The van der Waals surface area contributed by atoms with E-state index in [1.807, 2.05) is 35.2 Å². The largest absolute Gasteiger partial charge is 0.369 e. The van der Waals surface area contributed by atoms with Gasteiger partial charge < -0.3 is 10.6 Å². The van der Waals surface area contributed by atoms with Crippen molar-refractivity contribution in [2.45, 2.75) is 25.3 Å². The van der Waals surface area contributed by atoms with E-state index >= 15 is 0 Å². The number of amides is 2. The maximum absolute atomic E-state index is 13.0. The van der Waals surface area contributed by atoms with Gasteiger partial charge in [-0.15, -0.1) is 0 Å². The van der Waals surface area contributed by atoms with Crippen molar-refractivity contribution in [3.8, 4) is 0 Å². The van der Waals surface area contributed by atoms with Crippen LogP contribution in [0.5, 0.6) is 0 Å². The Balaban J connectivity index is 1.83. The van der Waals surface area contributed by atoms with Crippen molar-refractivity contribution in [2.75, 3.05) is 26.2 Å². The van der Waals surface area contributed by atoms with Crippen molar-refractivity contribution in [3.05, 3.63) is 35.9 Å². The van der Waals surface area contributed by atoms with Crippen molar-refractivity contribution in [3.63, 3.8) is 0 Å². The molecule has 2 saturated heterocycles. The third-order valence-corrected chi connectivity index (χ3v) is 4.75. The monoisotopic (exact) mass is 301 g/mol. The zero-order chi connectivity index (χ0) is 15.5. The van der Waals surface area contributed by atoms with Crippen LogP contribution in [0.3, 0.4) is 0 Å². The van der Waals surface area contributed by atoms with Crippen LogP contribution in [0, 0.1) is 5.92 Å². The lowest BCUT2D eigenvalue weighted by atomic mass is 10.0. The summed E-state index contributed by atoms with van der Waals surface area (Å²) in [4.78, 5) is 28.5. The Kier molecular flexibility index (Phi) is 4.43. The number of hydrogen-bond acceptors (Lipinski definition) is 3. The van der Waals surface area contributed by atoms with Gasteiger partial charge >= 0.3 is 0 Å². The van der Waals surface area contributed by atoms with E-state index in [0.717, 1.165) is 44.5 Å². The predicted molar refractivity (Wildman–Crippen MR) is 83.9 cm³/mol. The Morgan fingerprint density at radius 3 is 2.36 bits per heavy atom. The van der Waals surface area contributed by atoms with Crippen LogP contribution in [-0.2, 0) is 9.59 Å². The Labute approximate surface area is 131 Å². The molecule has 1 aromatic rings. The highest BCUT2D eigenvalue weighted by Crippen LogP contribution is 2.30. The number of likely N-dealkylation sites (tertiary alicyclic amines) is 2. The fourth-order valence-corrected chi connectivity index (χ4v) is 3.51. The summed E-state index contributed by atoms with van der Waals surface area (Å²) in [6.07, 6.45) is 2.90. The molecule has 2 fully saturated rings. The lowest BCUT2D eigenvalue weighted by molar-refractivity contribution is -0.136. The molecule has 2 heterocycles. The van der Waals surface area contributed by atoms with E-state index in [1.165, 1.54) is 0 Å². The van der Waals surface area contributed by atoms with Gasteiger partial charge in [-0.2, -0.15) is 0 Å². The SMILES string of the molecule is NC(=O)[C@@H]1CCN([C@H](C(=O)N2CCCC2)c2ccccc2)C1. The molecule has 2 N–H and O–H groups in total. The lowest BCUT2D eigenvalue weighted by Crippen LogP contribution is -2.41. The van der Waals surface area contributed by atoms with Gasteiger partial charge in [0.05, 0.1) is 5.92 Å². The molecule has 2 amide bonds. The number of hydrogen-bond donors (Lipinski definition) is 1. The Morgan fingerprint density at radius 2 is 1.77 bits per heavy atom. The van der Waals surface area contributed by atoms with Crippen LogP contribution in [-0.4, -0.2) is 47.8 Å². The summed E-state index contributed by atoms with van der Waals surface area (Å²) in [5.74, 6) is -0.241. The second kappa shape index (κ2) is 6.48. The molecule has 0 saturated carbocycles. The number of nitrogens with zero attached hydrogens (tertiary/aromatic N) is 2. The predicted octanol–water partition coefficient (Wildman–Crippen LogP) is 1.16. The molecule has 5 nitrogen and oxygen atoms in total. The van der Waals surface area contributed by atoms with E-state index < -0.39 is 0 Å². The Bertz CT molecular complexity index is 540. The highest BCUT2D eigenvalue weighted by molar-refractivity contribution is 5.84. The average Bonchev–Trinajstić information content (AvgIpc) is 3.20. The quantitative estimate of drug-likeness (QED) is 0.907. The molecule has 1 aromatic carbocycles. The van der Waals surface area contributed by atoms with Crippen molar-refractivity contribution in [2.24, 2.45) is 11.7 Å². The fourth-order valence-electron chi connectivity index (χ4n) is 3.51. The van der Waals surface area contributed by atoms with E-state index in [0.29, 0.717) is 6.54 Å². The number of primary amides is 1. The summed E-state index contributed by atoms with van der Waals surface area (Å²) < 4.78 is 0. The second-order valence-electron chi connectivity index (χ2n) is 6.23. The van der Waals surface area contributed by atoms with E-state index in [9.17, 15) is 9.59 Å². The number of nitrogens with two attached hydrogens (primary N) is 1. The molecular weight excluding hydrogens is 278 g/mol. The summed E-state index contributed by atoms with van der Waals surface area (Å²) in [6, 6.07) is 9.58. The zero-order valence-electron chi connectivity index (χ0n) is 12.8. The summed E-state index contributed by atoms with van der Waals surface area (Å²) in [6.45, 7) is 3.01. The Hall–Kier alpha value is -1.88. The first-order valence-electron chi connectivity index (χ1n) is 8.04. The average molecular weight is 301 g/mol. The van der Waals surface area contributed by atoms with E-state index in [4.69, 9.17) is 5.73 Å². The van der Waals surface area contributed by atoms with Gasteiger partial charge in [0, 0.05) is 26.2 Å². The molecule has 0 radical (unpaired) electrons. The molecule has 0 aromatic heterocycles. The van der Waals surface area contributed by atoms with Gasteiger partial charge in [0.1, 0.15) is 6.04 Å². The molecule has 2 aliphatic rings. The Morgan fingerprint density at radius 1 is 1.09 bits per heavy atom. The topological polar surface area (TPSA) is 66.6 Å². The van der Waals surface area contributed by atoms with Gasteiger partial charge in [-0.1, -0.05) is 30.3 Å². The zero-order valence-corrected chi connectivity index (χ0v) is 12.8. The van der Waals surface area contributed by atoms with Gasteiger partial charge in [-0.25, -0.2) is 0 Å². The highest BCUT2D eigenvalue weighted by atomic mass is 16.2. The summed E-state index contributed by atoms with van der Waals surface area (Å²) in [7, 11) is 0. The summed E-state index contributed by atoms with van der Waals surface area (Å²) in [5, 5.41) is 0. The van der Waals surface area contributed by atoms with Crippen LogP contribution in [0.4, 0.5) is 0 Å². The first-order chi connectivity index (χ1) is 10.7. The van der Waals surface area contributed by atoms with Crippen LogP contribution in [0.15, 0.2) is 30.3 Å². The molecule has 0 bridgehead atoms. The van der Waals surface area contributed by atoms with Gasteiger partial charge in [0.2, 0.25) is 11.8 Å². The molecule has 3 rings (SSSR count). The maximum Gasteiger partial charge on any atom is 0.244 e. The minimum absolute atomic E-state index is 0.141. The molecule has 2 aliphatic heterocycles. The summed E-state index contributed by atoms with van der Waals surface area (Å²) >= 11 is 0. The lowest BCUT2D eigenvalue weighted by Gasteiger charge is -2.30. The molecular formula is C17H23N3O2. The highest BCUT2D eigenvalue weighted by Gasteiger charge is 2.37. The standard InChI is InChI=1S/C17H23N3O2/c18-16(21)14-8-11-20(12-14)15(13-6-2-1-3-7-13)17(22)19-9-4-5-10-19/h1-3,6-7,14-15H,4-5,8-12H2,(H2,18,21)/t14-,15+/m1/s1. The van der Waals surface area contributed by atoms with Crippen LogP contribution in [0.25, 0.3) is 0 Å². The van der Waals surface area contributed by atoms with Crippen LogP contribution in [0.1, 0.15) is 30.9 Å². The maximum atomic E-state index is 13.0. The number of carbonyl (C=O) groups excluding carboxylic acids is 2. The minimum Gasteiger partial charge on any atom is -0.369 e. The van der Waals surface area contributed by atoms with Gasteiger partial charge in [-0.3, -0.25) is 14.5 Å². The number of benzene rings is 1. The molecule has 5 heteroatoms. The van der Waals surface area contributed by atoms with Crippen molar-refractivity contribution in [1.29, 1.82) is 0 Å². The third-order valence-electron chi connectivity index (χ3n) is 4.75. The molecule has 0 spiro atoms. The molecule has 22 heavy (non-hydrogen) atoms. The molecule has 2 atom stereocenters. The van der Waals surface area contributed by atoms with Crippen molar-refractivity contribution in [1.82, 2.24) is 9.80 Å². The summed E-state index contributed by atoms with van der Waals surface area (Å²) in [5.41, 5.74) is 6.44. The van der Waals surface area contributed by atoms with Crippen molar-refractivity contribution < 1.29 is 9.59 Å². The first-order valence-corrected chi connectivity index (χ1v) is 8.04. The van der Waals surface area contributed by atoms with E-state index in [-0.39, 0.29) is 23.8 Å². The molecule has 0 aliphatic carbocycles. The van der Waals surface area contributed by atoms with Crippen molar-refractivity contribution >= 4 is 11.8 Å². The number of carbonyl (C=O) groups is 2. The second-order valence-corrected chi connectivity index (χ2v) is 6.23.